The molecular weight excluding hydrogens is 292 g/mol. The summed E-state index contributed by atoms with van der Waals surface area (Å²) in [6.07, 6.45) is 0. The lowest BCUT2D eigenvalue weighted by atomic mass is 10.1. The Bertz CT molecular complexity index is 605. The number of ether oxygens (including phenoxy) is 1. The number of nitrogens with one attached hydrogen (secondary N) is 1. The highest BCUT2D eigenvalue weighted by molar-refractivity contribution is 7.11. The molecule has 0 aliphatic rings. The molecule has 0 spiro atoms. The SMILES string of the molecule is CC(C)(C)NCc1ccc(COc2cccc(F)c2F)s1. The van der Waals surface area contributed by atoms with Crippen LogP contribution in [0.5, 0.6) is 5.75 Å². The number of hydrogen-bond acceptors (Lipinski definition) is 3. The molecule has 0 fully saturated rings. The molecule has 1 heterocycles. The molecule has 1 aromatic carbocycles. The number of rotatable bonds is 5. The van der Waals surface area contributed by atoms with Crippen LogP contribution in [-0.4, -0.2) is 5.54 Å². The molecule has 114 valence electrons. The summed E-state index contributed by atoms with van der Waals surface area (Å²) in [7, 11) is 0. The normalized spacial score (nSPS) is 11.7. The third kappa shape index (κ3) is 4.79. The lowest BCUT2D eigenvalue weighted by Crippen LogP contribution is -2.34. The van der Waals surface area contributed by atoms with Crippen LogP contribution in [0.1, 0.15) is 30.5 Å². The quantitative estimate of drug-likeness (QED) is 0.878. The summed E-state index contributed by atoms with van der Waals surface area (Å²) in [4.78, 5) is 2.16. The molecule has 0 aliphatic heterocycles. The van der Waals surface area contributed by atoms with Crippen molar-refractivity contribution in [2.75, 3.05) is 0 Å². The average molecular weight is 311 g/mol. The second-order valence-electron chi connectivity index (χ2n) is 5.81. The Kier molecular flexibility index (Phi) is 4.96. The fourth-order valence-electron chi connectivity index (χ4n) is 1.69. The Balaban J connectivity index is 1.92. The van der Waals surface area contributed by atoms with Gasteiger partial charge in [-0.3, -0.25) is 0 Å². The summed E-state index contributed by atoms with van der Waals surface area (Å²) in [5.41, 5.74) is 0.0609. The predicted octanol–water partition coefficient (Wildman–Crippen LogP) is 4.49. The van der Waals surface area contributed by atoms with E-state index in [2.05, 4.69) is 26.1 Å². The molecule has 21 heavy (non-hydrogen) atoms. The van der Waals surface area contributed by atoms with E-state index in [9.17, 15) is 8.78 Å². The molecule has 5 heteroatoms. The minimum absolute atomic E-state index is 0.0576. The zero-order chi connectivity index (χ0) is 15.5. The zero-order valence-corrected chi connectivity index (χ0v) is 13.2. The number of halogens is 2. The van der Waals surface area contributed by atoms with Crippen LogP contribution in [0.25, 0.3) is 0 Å². The van der Waals surface area contributed by atoms with Gasteiger partial charge in [-0.05, 0) is 45.0 Å². The van der Waals surface area contributed by atoms with Gasteiger partial charge in [-0.2, -0.15) is 4.39 Å². The van der Waals surface area contributed by atoms with Crippen LogP contribution in [0.3, 0.4) is 0 Å². The van der Waals surface area contributed by atoms with Crippen LogP contribution in [0.2, 0.25) is 0 Å². The molecule has 0 saturated carbocycles. The van der Waals surface area contributed by atoms with Crippen molar-refractivity contribution in [1.82, 2.24) is 5.32 Å². The van der Waals surface area contributed by atoms with E-state index < -0.39 is 11.6 Å². The first-order valence-corrected chi connectivity index (χ1v) is 7.56. The Hall–Kier alpha value is -1.46. The fourth-order valence-corrected chi connectivity index (χ4v) is 2.56. The molecule has 2 rings (SSSR count). The first-order chi connectivity index (χ1) is 9.85. The van der Waals surface area contributed by atoms with Crippen molar-refractivity contribution < 1.29 is 13.5 Å². The molecule has 0 radical (unpaired) electrons. The maximum absolute atomic E-state index is 13.5. The van der Waals surface area contributed by atoms with E-state index in [0.717, 1.165) is 17.5 Å². The van der Waals surface area contributed by atoms with E-state index in [1.807, 2.05) is 12.1 Å². The van der Waals surface area contributed by atoms with Crippen molar-refractivity contribution in [3.8, 4) is 5.75 Å². The van der Waals surface area contributed by atoms with Crippen molar-refractivity contribution in [3.05, 3.63) is 51.7 Å². The monoisotopic (exact) mass is 311 g/mol. The lowest BCUT2D eigenvalue weighted by molar-refractivity contribution is 0.287. The minimum Gasteiger partial charge on any atom is -0.485 e. The first kappa shape index (κ1) is 15.9. The van der Waals surface area contributed by atoms with E-state index >= 15 is 0 Å². The van der Waals surface area contributed by atoms with Gasteiger partial charge in [-0.25, -0.2) is 4.39 Å². The second kappa shape index (κ2) is 6.54. The smallest absolute Gasteiger partial charge is 0.200 e. The summed E-state index contributed by atoms with van der Waals surface area (Å²) in [5.74, 6) is -1.89. The molecule has 0 saturated heterocycles. The number of hydrogen-bond donors (Lipinski definition) is 1. The van der Waals surface area contributed by atoms with Gasteiger partial charge in [0.05, 0.1) is 0 Å². The molecule has 0 unspecified atom stereocenters. The summed E-state index contributed by atoms with van der Waals surface area (Å²) < 4.78 is 31.9. The van der Waals surface area contributed by atoms with Crippen molar-refractivity contribution in [2.24, 2.45) is 0 Å². The van der Waals surface area contributed by atoms with Crippen molar-refractivity contribution in [3.63, 3.8) is 0 Å². The second-order valence-corrected chi connectivity index (χ2v) is 7.07. The maximum atomic E-state index is 13.5. The molecule has 0 amide bonds. The predicted molar refractivity (Wildman–Crippen MR) is 81.6 cm³/mol. The Labute approximate surface area is 127 Å². The molecule has 1 aromatic heterocycles. The number of thiophene rings is 1. The van der Waals surface area contributed by atoms with Crippen molar-refractivity contribution in [2.45, 2.75) is 39.5 Å². The van der Waals surface area contributed by atoms with Crippen molar-refractivity contribution in [1.29, 1.82) is 0 Å². The molecular formula is C16H19F2NOS. The van der Waals surface area contributed by atoms with Crippen LogP contribution in [0, 0.1) is 11.6 Å². The summed E-state index contributed by atoms with van der Waals surface area (Å²) in [5, 5.41) is 3.40. The average Bonchev–Trinajstić information content (AvgIpc) is 2.85. The molecule has 0 aliphatic carbocycles. The maximum Gasteiger partial charge on any atom is 0.200 e. The van der Waals surface area contributed by atoms with Gasteiger partial charge < -0.3 is 10.1 Å². The summed E-state index contributed by atoms with van der Waals surface area (Å²) >= 11 is 1.60. The third-order valence-electron chi connectivity index (χ3n) is 2.80. The van der Waals surface area contributed by atoms with Crippen molar-refractivity contribution >= 4 is 11.3 Å². The lowest BCUT2D eigenvalue weighted by Gasteiger charge is -2.19. The van der Waals surface area contributed by atoms with E-state index in [1.165, 1.54) is 17.0 Å². The van der Waals surface area contributed by atoms with Gasteiger partial charge >= 0.3 is 0 Å². The first-order valence-electron chi connectivity index (χ1n) is 6.74. The topological polar surface area (TPSA) is 21.3 Å². The van der Waals surface area contributed by atoms with Gasteiger partial charge in [0, 0.05) is 21.8 Å². The van der Waals surface area contributed by atoms with Gasteiger partial charge in [0.15, 0.2) is 11.6 Å². The molecule has 0 atom stereocenters. The Morgan fingerprint density at radius 3 is 2.52 bits per heavy atom. The van der Waals surface area contributed by atoms with Gasteiger partial charge in [0.2, 0.25) is 5.82 Å². The van der Waals surface area contributed by atoms with Gasteiger partial charge in [-0.15, -0.1) is 11.3 Å². The molecule has 2 nitrogen and oxygen atoms in total. The summed E-state index contributed by atoms with van der Waals surface area (Å²) in [6.45, 7) is 7.34. The highest BCUT2D eigenvalue weighted by atomic mass is 32.1. The fraction of sp³-hybridized carbons (Fsp3) is 0.375. The Morgan fingerprint density at radius 1 is 1.10 bits per heavy atom. The minimum atomic E-state index is -0.941. The van der Waals surface area contributed by atoms with Crippen LogP contribution >= 0.6 is 11.3 Å². The van der Waals surface area contributed by atoms with E-state index in [0.29, 0.717) is 0 Å². The standard InChI is InChI=1S/C16H19F2NOS/c1-16(2,3)19-9-11-7-8-12(21-11)10-20-14-6-4-5-13(17)15(14)18/h4-8,19H,9-10H2,1-3H3. The van der Waals surface area contributed by atoms with E-state index in [-0.39, 0.29) is 17.9 Å². The van der Waals surface area contributed by atoms with Crippen LogP contribution in [-0.2, 0) is 13.2 Å². The molecule has 2 aromatic rings. The van der Waals surface area contributed by atoms with E-state index in [1.54, 1.807) is 11.3 Å². The number of benzene rings is 1. The van der Waals surface area contributed by atoms with Gasteiger partial charge in [-0.1, -0.05) is 6.07 Å². The van der Waals surface area contributed by atoms with Crippen LogP contribution in [0.4, 0.5) is 8.78 Å². The van der Waals surface area contributed by atoms with Gasteiger partial charge in [0.1, 0.15) is 6.61 Å². The van der Waals surface area contributed by atoms with Crippen LogP contribution < -0.4 is 10.1 Å². The molecule has 0 bridgehead atoms. The van der Waals surface area contributed by atoms with Gasteiger partial charge in [0.25, 0.3) is 0 Å². The Morgan fingerprint density at radius 2 is 1.81 bits per heavy atom. The van der Waals surface area contributed by atoms with Crippen LogP contribution in [0.15, 0.2) is 30.3 Å². The van der Waals surface area contributed by atoms with E-state index in [4.69, 9.17) is 4.74 Å². The highest BCUT2D eigenvalue weighted by Gasteiger charge is 2.11. The summed E-state index contributed by atoms with van der Waals surface area (Å²) in [6, 6.07) is 7.89. The zero-order valence-electron chi connectivity index (χ0n) is 12.4. The third-order valence-corrected chi connectivity index (χ3v) is 3.86. The molecule has 1 N–H and O–H groups in total. The highest BCUT2D eigenvalue weighted by Crippen LogP contribution is 2.23. The largest absolute Gasteiger partial charge is 0.485 e.